The number of thiazole rings is 1. The first-order chi connectivity index (χ1) is 9.28. The van der Waals surface area contributed by atoms with Crippen molar-refractivity contribution in [2.75, 3.05) is 0 Å². The topological polar surface area (TPSA) is 36.7 Å². The number of nitriles is 1. The molecule has 0 atom stereocenters. The average molecular weight is 282 g/mol. The summed E-state index contributed by atoms with van der Waals surface area (Å²) < 4.78 is 0. The molecule has 0 aliphatic heterocycles. The summed E-state index contributed by atoms with van der Waals surface area (Å²) in [5, 5.41) is 14.0. The fourth-order valence-corrected chi connectivity index (χ4v) is 3.75. The van der Waals surface area contributed by atoms with Gasteiger partial charge in [-0.05, 0) is 36.1 Å². The molecule has 0 unspecified atom stereocenters. The molecule has 3 rings (SSSR count). The summed E-state index contributed by atoms with van der Waals surface area (Å²) in [7, 11) is 0. The van der Waals surface area contributed by atoms with Crippen LogP contribution >= 0.6 is 22.7 Å². The molecule has 0 aliphatic rings. The van der Waals surface area contributed by atoms with E-state index >= 15 is 0 Å². The predicted octanol–water partition coefficient (Wildman–Crippen LogP) is 4.72. The smallest absolute Gasteiger partial charge is 0.134 e. The average Bonchev–Trinajstić information content (AvgIpc) is 3.07. The molecule has 0 fully saturated rings. The van der Waals surface area contributed by atoms with Crippen LogP contribution in [0.5, 0.6) is 0 Å². The van der Waals surface area contributed by atoms with Gasteiger partial charge in [0.25, 0.3) is 0 Å². The van der Waals surface area contributed by atoms with Crippen LogP contribution in [0.4, 0.5) is 0 Å². The van der Waals surface area contributed by atoms with Crippen LogP contribution in [-0.2, 0) is 0 Å². The van der Waals surface area contributed by atoms with Crippen molar-refractivity contribution >= 4 is 22.7 Å². The second-order valence-corrected chi connectivity index (χ2v) is 5.93. The summed E-state index contributed by atoms with van der Waals surface area (Å²) in [6.45, 7) is 2.11. The van der Waals surface area contributed by atoms with Crippen molar-refractivity contribution in [1.29, 1.82) is 5.26 Å². The Morgan fingerprint density at radius 2 is 1.89 bits per heavy atom. The minimum Gasteiger partial charge on any atom is -0.235 e. The van der Waals surface area contributed by atoms with E-state index in [1.165, 1.54) is 10.4 Å². The maximum Gasteiger partial charge on any atom is 0.134 e. The first-order valence-corrected chi connectivity index (χ1v) is 7.54. The highest BCUT2D eigenvalue weighted by Gasteiger charge is 2.09. The number of aryl methyl sites for hydroxylation is 1. The van der Waals surface area contributed by atoms with E-state index in [1.54, 1.807) is 22.7 Å². The van der Waals surface area contributed by atoms with Crippen molar-refractivity contribution in [3.63, 3.8) is 0 Å². The third-order valence-corrected chi connectivity index (χ3v) is 4.88. The maximum atomic E-state index is 8.80. The predicted molar refractivity (Wildman–Crippen MR) is 80.3 cm³/mol. The maximum absolute atomic E-state index is 8.80. The summed E-state index contributed by atoms with van der Waals surface area (Å²) in [5.41, 5.74) is 3.96. The molecule has 0 spiro atoms. The van der Waals surface area contributed by atoms with Gasteiger partial charge in [0.05, 0.1) is 22.2 Å². The second-order valence-electron chi connectivity index (χ2n) is 4.16. The Morgan fingerprint density at radius 1 is 1.11 bits per heavy atom. The van der Waals surface area contributed by atoms with E-state index in [2.05, 4.69) is 34.8 Å². The van der Waals surface area contributed by atoms with Crippen molar-refractivity contribution < 1.29 is 0 Å². The Morgan fingerprint density at radius 3 is 2.53 bits per heavy atom. The quantitative estimate of drug-likeness (QED) is 0.682. The van der Waals surface area contributed by atoms with Crippen LogP contribution in [0.1, 0.15) is 11.1 Å². The highest BCUT2D eigenvalue weighted by molar-refractivity contribution is 7.20. The zero-order chi connectivity index (χ0) is 13.2. The number of thiophene rings is 1. The zero-order valence-corrected chi connectivity index (χ0v) is 11.9. The summed E-state index contributed by atoms with van der Waals surface area (Å²) in [6, 6.07) is 11.8. The van der Waals surface area contributed by atoms with E-state index in [9.17, 15) is 0 Å². The first kappa shape index (κ1) is 12.1. The highest BCUT2D eigenvalue weighted by Crippen LogP contribution is 2.34. The fourth-order valence-electron chi connectivity index (χ4n) is 1.82. The Labute approximate surface area is 119 Å². The van der Waals surface area contributed by atoms with Gasteiger partial charge >= 0.3 is 0 Å². The molecule has 4 heteroatoms. The molecule has 0 bridgehead atoms. The molecule has 0 saturated heterocycles. The van der Waals surface area contributed by atoms with Gasteiger partial charge in [0, 0.05) is 10.9 Å². The Bertz CT molecular complexity index is 745. The third kappa shape index (κ3) is 2.30. The van der Waals surface area contributed by atoms with Crippen LogP contribution in [0.2, 0.25) is 0 Å². The Kier molecular flexibility index (Phi) is 3.16. The molecule has 3 aromatic rings. The monoisotopic (exact) mass is 282 g/mol. The van der Waals surface area contributed by atoms with Crippen LogP contribution in [-0.4, -0.2) is 4.98 Å². The van der Waals surface area contributed by atoms with Crippen molar-refractivity contribution in [2.45, 2.75) is 6.92 Å². The van der Waals surface area contributed by atoms with Crippen LogP contribution < -0.4 is 0 Å². The first-order valence-electron chi connectivity index (χ1n) is 5.78. The number of hydrogen-bond acceptors (Lipinski definition) is 4. The molecule has 92 valence electrons. The van der Waals surface area contributed by atoms with Crippen LogP contribution in [0, 0.1) is 18.3 Å². The van der Waals surface area contributed by atoms with E-state index < -0.39 is 0 Å². The number of hydrogen-bond donors (Lipinski definition) is 0. The molecular weight excluding hydrogens is 272 g/mol. The Balaban J connectivity index is 1.97. The summed E-state index contributed by atoms with van der Waals surface area (Å²) in [5.74, 6) is 0. The van der Waals surface area contributed by atoms with E-state index in [0.29, 0.717) is 5.56 Å². The number of aromatic nitrogens is 1. The van der Waals surface area contributed by atoms with E-state index in [0.717, 1.165) is 16.3 Å². The second kappa shape index (κ2) is 4.96. The largest absolute Gasteiger partial charge is 0.235 e. The van der Waals surface area contributed by atoms with E-state index in [-0.39, 0.29) is 0 Å². The molecule has 2 heterocycles. The molecule has 0 radical (unpaired) electrons. The van der Waals surface area contributed by atoms with Gasteiger partial charge < -0.3 is 0 Å². The van der Waals surface area contributed by atoms with Crippen molar-refractivity contribution in [3.8, 4) is 27.2 Å². The van der Waals surface area contributed by atoms with Crippen LogP contribution in [0.3, 0.4) is 0 Å². The van der Waals surface area contributed by atoms with Gasteiger partial charge in [-0.1, -0.05) is 12.1 Å². The Hall–Kier alpha value is -1.96. The normalized spacial score (nSPS) is 10.3. The molecule has 2 nitrogen and oxygen atoms in total. The van der Waals surface area contributed by atoms with Crippen LogP contribution in [0.15, 0.2) is 41.1 Å². The third-order valence-electron chi connectivity index (χ3n) is 2.87. The molecular formula is C15H10N2S2. The standard InChI is InChI=1S/C15H10N2S2/c1-10-6-7-18-14(10)15-17-13(9-19-15)12-4-2-11(8-16)3-5-12/h2-7,9H,1H3. The van der Waals surface area contributed by atoms with Gasteiger partial charge in [-0.2, -0.15) is 5.26 Å². The van der Waals surface area contributed by atoms with E-state index in [1.807, 2.05) is 24.3 Å². The van der Waals surface area contributed by atoms with Gasteiger partial charge in [0.15, 0.2) is 0 Å². The van der Waals surface area contributed by atoms with Gasteiger partial charge in [-0.15, -0.1) is 22.7 Å². The lowest BCUT2D eigenvalue weighted by Crippen LogP contribution is -1.80. The zero-order valence-electron chi connectivity index (χ0n) is 10.3. The summed E-state index contributed by atoms with van der Waals surface area (Å²) >= 11 is 3.38. The number of rotatable bonds is 2. The number of benzene rings is 1. The number of nitrogens with zero attached hydrogens (tertiary/aromatic N) is 2. The van der Waals surface area contributed by atoms with Crippen LogP contribution in [0.25, 0.3) is 21.1 Å². The SMILES string of the molecule is Cc1ccsc1-c1nc(-c2ccc(C#N)cc2)cs1. The molecule has 0 amide bonds. The molecule has 2 aromatic heterocycles. The van der Waals surface area contributed by atoms with Crippen molar-refractivity contribution in [1.82, 2.24) is 4.98 Å². The minimum atomic E-state index is 0.674. The lowest BCUT2D eigenvalue weighted by Gasteiger charge is -1.96. The van der Waals surface area contributed by atoms with Crippen molar-refractivity contribution in [3.05, 3.63) is 52.2 Å². The van der Waals surface area contributed by atoms with E-state index in [4.69, 9.17) is 5.26 Å². The summed E-state index contributed by atoms with van der Waals surface area (Å²) in [6.07, 6.45) is 0. The van der Waals surface area contributed by atoms with Gasteiger partial charge in [-0.3, -0.25) is 0 Å². The van der Waals surface area contributed by atoms with Gasteiger partial charge in [0.1, 0.15) is 5.01 Å². The summed E-state index contributed by atoms with van der Waals surface area (Å²) in [4.78, 5) is 5.93. The minimum absolute atomic E-state index is 0.674. The lowest BCUT2D eigenvalue weighted by molar-refractivity contribution is 1.39. The van der Waals surface area contributed by atoms with Gasteiger partial charge in [-0.25, -0.2) is 4.98 Å². The highest BCUT2D eigenvalue weighted by atomic mass is 32.1. The van der Waals surface area contributed by atoms with Crippen molar-refractivity contribution in [2.24, 2.45) is 0 Å². The molecule has 19 heavy (non-hydrogen) atoms. The molecule has 0 N–H and O–H groups in total. The van der Waals surface area contributed by atoms with Gasteiger partial charge in [0.2, 0.25) is 0 Å². The molecule has 1 aromatic carbocycles. The fraction of sp³-hybridized carbons (Fsp3) is 0.0667. The molecule has 0 saturated carbocycles. The lowest BCUT2D eigenvalue weighted by atomic mass is 10.1. The molecule has 0 aliphatic carbocycles.